The maximum absolute atomic E-state index is 5.85. The minimum atomic E-state index is 0.494. The lowest BCUT2D eigenvalue weighted by Gasteiger charge is -2.01. The number of fused-ring (bicyclic) bond motifs is 1. The first-order chi connectivity index (χ1) is 8.83. The highest BCUT2D eigenvalue weighted by atomic mass is 16.5. The number of furan rings is 1. The van der Waals surface area contributed by atoms with E-state index in [1.807, 2.05) is 0 Å². The Hall–Kier alpha value is -1.32. The number of ether oxygens (including phenoxy) is 1. The van der Waals surface area contributed by atoms with Gasteiger partial charge in [-0.1, -0.05) is 6.07 Å². The summed E-state index contributed by atoms with van der Waals surface area (Å²) in [7, 11) is 1.73. The van der Waals surface area contributed by atoms with Crippen LogP contribution in [0.4, 0.5) is 0 Å². The van der Waals surface area contributed by atoms with Crippen molar-refractivity contribution in [2.24, 2.45) is 5.73 Å². The van der Waals surface area contributed by atoms with E-state index in [0.29, 0.717) is 12.5 Å². The lowest BCUT2D eigenvalue weighted by atomic mass is 10.0. The molecule has 1 aromatic carbocycles. The molecular weight excluding hydrogens is 226 g/mol. The van der Waals surface area contributed by atoms with Gasteiger partial charge >= 0.3 is 0 Å². The molecule has 18 heavy (non-hydrogen) atoms. The molecule has 1 aromatic heterocycles. The summed E-state index contributed by atoms with van der Waals surface area (Å²) in [5.74, 6) is 1.64. The quantitative estimate of drug-likeness (QED) is 0.881. The van der Waals surface area contributed by atoms with Crippen LogP contribution in [0, 0.1) is 0 Å². The van der Waals surface area contributed by atoms with Gasteiger partial charge in [-0.15, -0.1) is 0 Å². The minimum absolute atomic E-state index is 0.494. The number of methoxy groups -OCH3 is 1. The molecule has 0 radical (unpaired) electrons. The monoisotopic (exact) mass is 245 g/mol. The van der Waals surface area contributed by atoms with Crippen molar-refractivity contribution in [3.63, 3.8) is 0 Å². The fraction of sp³-hybridized carbons (Fsp3) is 0.467. The van der Waals surface area contributed by atoms with E-state index >= 15 is 0 Å². The zero-order chi connectivity index (χ0) is 12.5. The summed E-state index contributed by atoms with van der Waals surface area (Å²) in [6.07, 6.45) is 3.48. The van der Waals surface area contributed by atoms with Crippen LogP contribution >= 0.6 is 0 Å². The smallest absolute Gasteiger partial charge is 0.134 e. The Morgan fingerprint density at radius 3 is 2.89 bits per heavy atom. The molecule has 1 fully saturated rings. The highest BCUT2D eigenvalue weighted by Gasteiger charge is 2.30. The number of hydrogen-bond donors (Lipinski definition) is 1. The molecule has 0 aliphatic heterocycles. The largest absolute Gasteiger partial charge is 0.459 e. The van der Waals surface area contributed by atoms with Crippen molar-refractivity contribution < 1.29 is 9.15 Å². The summed E-state index contributed by atoms with van der Waals surface area (Å²) in [5.41, 5.74) is 9.41. The first kappa shape index (κ1) is 11.8. The van der Waals surface area contributed by atoms with E-state index in [2.05, 4.69) is 18.2 Å². The zero-order valence-corrected chi connectivity index (χ0v) is 10.7. The summed E-state index contributed by atoms with van der Waals surface area (Å²) >= 11 is 0. The Balaban J connectivity index is 2.04. The van der Waals surface area contributed by atoms with Crippen molar-refractivity contribution in [2.45, 2.75) is 31.7 Å². The molecule has 2 N–H and O–H groups in total. The predicted molar refractivity (Wildman–Crippen MR) is 71.7 cm³/mol. The first-order valence-corrected chi connectivity index (χ1v) is 6.56. The summed E-state index contributed by atoms with van der Waals surface area (Å²) in [6, 6.07) is 6.41. The van der Waals surface area contributed by atoms with E-state index in [1.54, 1.807) is 7.11 Å². The summed E-state index contributed by atoms with van der Waals surface area (Å²) in [4.78, 5) is 0. The third-order valence-corrected chi connectivity index (χ3v) is 3.63. The maximum Gasteiger partial charge on any atom is 0.134 e. The first-order valence-electron chi connectivity index (χ1n) is 6.56. The summed E-state index contributed by atoms with van der Waals surface area (Å²) in [6.45, 7) is 1.25. The molecule has 0 unspecified atom stereocenters. The van der Waals surface area contributed by atoms with Crippen molar-refractivity contribution in [1.82, 2.24) is 0 Å². The van der Waals surface area contributed by atoms with Gasteiger partial charge in [-0.3, -0.25) is 0 Å². The van der Waals surface area contributed by atoms with Crippen LogP contribution in [0.2, 0.25) is 0 Å². The van der Waals surface area contributed by atoms with Gasteiger partial charge in [0, 0.05) is 18.1 Å². The Morgan fingerprint density at radius 1 is 1.39 bits per heavy atom. The van der Waals surface area contributed by atoms with Crippen molar-refractivity contribution >= 4 is 11.0 Å². The number of rotatable bonds is 5. The van der Waals surface area contributed by atoms with E-state index in [0.717, 1.165) is 24.4 Å². The molecule has 0 bridgehead atoms. The van der Waals surface area contributed by atoms with Crippen LogP contribution in [0.3, 0.4) is 0 Å². The third-order valence-electron chi connectivity index (χ3n) is 3.63. The van der Waals surface area contributed by atoms with Crippen LogP contribution in [-0.2, 0) is 17.7 Å². The van der Waals surface area contributed by atoms with Crippen molar-refractivity contribution in [1.29, 1.82) is 0 Å². The Morgan fingerprint density at radius 2 is 2.22 bits per heavy atom. The number of nitrogens with two attached hydrogens (primary N) is 1. The van der Waals surface area contributed by atoms with E-state index in [-0.39, 0.29) is 0 Å². The molecule has 0 spiro atoms. The van der Waals surface area contributed by atoms with Gasteiger partial charge in [0.05, 0.1) is 13.2 Å². The Labute approximate surface area is 107 Å². The summed E-state index contributed by atoms with van der Waals surface area (Å²) < 4.78 is 11.0. The molecular formula is C15H19NO2. The van der Waals surface area contributed by atoms with Gasteiger partial charge in [0.1, 0.15) is 11.3 Å². The maximum atomic E-state index is 5.85. The van der Waals surface area contributed by atoms with Crippen molar-refractivity contribution in [2.75, 3.05) is 13.7 Å². The van der Waals surface area contributed by atoms with Crippen LogP contribution in [0.1, 0.15) is 35.6 Å². The second kappa shape index (κ2) is 4.75. The van der Waals surface area contributed by atoms with Gasteiger partial charge in [-0.2, -0.15) is 0 Å². The Bertz CT molecular complexity index is 555. The molecule has 0 amide bonds. The molecule has 1 aliphatic rings. The molecule has 0 atom stereocenters. The molecule has 2 aromatic rings. The summed E-state index contributed by atoms with van der Waals surface area (Å²) in [5, 5.41) is 1.26. The van der Waals surface area contributed by atoms with Crippen LogP contribution < -0.4 is 5.73 Å². The highest BCUT2D eigenvalue weighted by Crippen LogP contribution is 2.46. The van der Waals surface area contributed by atoms with Crippen LogP contribution in [-0.4, -0.2) is 13.7 Å². The highest BCUT2D eigenvalue weighted by molar-refractivity contribution is 5.84. The zero-order valence-electron chi connectivity index (χ0n) is 10.7. The molecule has 3 nitrogen and oxygen atoms in total. The fourth-order valence-electron chi connectivity index (χ4n) is 2.56. The molecule has 3 rings (SSSR count). The average molecular weight is 245 g/mol. The lowest BCUT2D eigenvalue weighted by molar-refractivity contribution is 0.202. The standard InChI is InChI=1S/C15H19NO2/c1-17-7-6-10-2-5-13-12(8-10)15(11-3-4-11)14(9-16)18-13/h2,5,8,11H,3-4,6-7,9,16H2,1H3. The van der Waals surface area contributed by atoms with Gasteiger partial charge in [0.15, 0.2) is 0 Å². The number of hydrogen-bond acceptors (Lipinski definition) is 3. The lowest BCUT2D eigenvalue weighted by Crippen LogP contribution is -1.97. The minimum Gasteiger partial charge on any atom is -0.459 e. The molecule has 1 heterocycles. The van der Waals surface area contributed by atoms with Crippen LogP contribution in [0.15, 0.2) is 22.6 Å². The van der Waals surface area contributed by atoms with Gasteiger partial charge in [-0.25, -0.2) is 0 Å². The topological polar surface area (TPSA) is 48.4 Å². The second-order valence-corrected chi connectivity index (χ2v) is 4.99. The van der Waals surface area contributed by atoms with Gasteiger partial charge in [0.2, 0.25) is 0 Å². The van der Waals surface area contributed by atoms with E-state index in [4.69, 9.17) is 14.9 Å². The second-order valence-electron chi connectivity index (χ2n) is 4.99. The normalized spacial score (nSPS) is 15.4. The third kappa shape index (κ3) is 2.04. The average Bonchev–Trinajstić information content (AvgIpc) is 3.16. The van der Waals surface area contributed by atoms with E-state index in [9.17, 15) is 0 Å². The van der Waals surface area contributed by atoms with Gasteiger partial charge in [-0.05, 0) is 42.9 Å². The van der Waals surface area contributed by atoms with Gasteiger partial charge < -0.3 is 14.9 Å². The van der Waals surface area contributed by atoms with Crippen molar-refractivity contribution in [3.05, 3.63) is 35.1 Å². The molecule has 1 aliphatic carbocycles. The van der Waals surface area contributed by atoms with Crippen LogP contribution in [0.5, 0.6) is 0 Å². The molecule has 3 heteroatoms. The van der Waals surface area contributed by atoms with Crippen molar-refractivity contribution in [3.8, 4) is 0 Å². The molecule has 96 valence electrons. The molecule has 0 saturated heterocycles. The fourth-order valence-corrected chi connectivity index (χ4v) is 2.56. The predicted octanol–water partition coefficient (Wildman–Crippen LogP) is 2.96. The van der Waals surface area contributed by atoms with E-state index < -0.39 is 0 Å². The SMILES string of the molecule is COCCc1ccc2oc(CN)c(C3CC3)c2c1. The molecule has 1 saturated carbocycles. The van der Waals surface area contributed by atoms with Crippen LogP contribution in [0.25, 0.3) is 11.0 Å². The van der Waals surface area contributed by atoms with E-state index in [1.165, 1.54) is 29.4 Å². The number of benzene rings is 1. The Kier molecular flexibility index (Phi) is 3.10. The van der Waals surface area contributed by atoms with Gasteiger partial charge in [0.25, 0.3) is 0 Å².